The molecule has 4 rings (SSSR count). The second-order valence-electron chi connectivity index (χ2n) is 5.01. The molecule has 1 aliphatic heterocycles. The van der Waals surface area contributed by atoms with Crippen molar-refractivity contribution in [2.75, 3.05) is 0 Å². The molecule has 104 valence electrons. The summed E-state index contributed by atoms with van der Waals surface area (Å²) in [7, 11) is 1.98. The van der Waals surface area contributed by atoms with E-state index in [0.717, 1.165) is 16.7 Å². The van der Waals surface area contributed by atoms with E-state index in [2.05, 4.69) is 15.1 Å². The van der Waals surface area contributed by atoms with Crippen LogP contribution in [-0.4, -0.2) is 32.2 Å². The second kappa shape index (κ2) is 4.24. The molecule has 0 atom stereocenters. The first kappa shape index (κ1) is 12.3. The second-order valence-corrected chi connectivity index (χ2v) is 5.01. The first-order chi connectivity index (χ1) is 10.1. The van der Waals surface area contributed by atoms with Crippen molar-refractivity contribution in [3.05, 3.63) is 42.2 Å². The van der Waals surface area contributed by atoms with Gasteiger partial charge in [-0.3, -0.25) is 0 Å². The normalized spacial score (nSPS) is 12.7. The fraction of sp³-hybridized carbons (Fsp3) is 0.154. The van der Waals surface area contributed by atoms with Crippen LogP contribution in [0.3, 0.4) is 0 Å². The minimum atomic E-state index is -2.61. The summed E-state index contributed by atoms with van der Waals surface area (Å²) >= 11 is 0. The summed E-state index contributed by atoms with van der Waals surface area (Å²) in [6.07, 6.45) is 0.271. The summed E-state index contributed by atoms with van der Waals surface area (Å²) < 4.78 is 29.6. The van der Waals surface area contributed by atoms with E-state index in [9.17, 15) is 8.78 Å². The number of aromatic nitrogens is 5. The molecule has 8 heteroatoms. The summed E-state index contributed by atoms with van der Waals surface area (Å²) in [4.78, 5) is 8.14. The average molecular weight is 285 g/mol. The van der Waals surface area contributed by atoms with Crippen LogP contribution in [0.1, 0.15) is 17.8 Å². The molecule has 0 saturated heterocycles. The number of fused-ring (bicyclic) bond motifs is 5. The lowest BCUT2D eigenvalue weighted by atomic mass is 9.93. The third-order valence-electron chi connectivity index (χ3n) is 3.67. The highest BCUT2D eigenvalue weighted by Gasteiger charge is 2.26. The Bertz CT molecular complexity index is 839. The average Bonchev–Trinajstić information content (AvgIpc) is 3.04. The zero-order valence-electron chi connectivity index (χ0n) is 11.2. The summed E-state index contributed by atoms with van der Waals surface area (Å²) in [6, 6.07) is 5.82. The Morgan fingerprint density at radius 1 is 1.24 bits per heavy atom. The van der Waals surface area contributed by atoms with Crippen LogP contribution in [0, 0.1) is 0 Å². The summed E-state index contributed by atoms with van der Waals surface area (Å²) in [5.41, 5.74) is 2.97. The number of imidazole rings is 1. The minimum absolute atomic E-state index is 0.204. The van der Waals surface area contributed by atoms with Crippen LogP contribution in [0.2, 0.25) is 0 Å². The lowest BCUT2D eigenvalue weighted by molar-refractivity contribution is 0.145. The van der Waals surface area contributed by atoms with E-state index in [1.165, 1.54) is 12.7 Å². The zero-order chi connectivity index (χ0) is 14.6. The van der Waals surface area contributed by atoms with Crippen molar-refractivity contribution >= 4 is 13.3 Å². The maximum absolute atomic E-state index is 13.1. The molecule has 1 aromatic carbocycles. The molecule has 0 amide bonds. The van der Waals surface area contributed by atoms with Gasteiger partial charge in [-0.05, 0) is 6.07 Å². The van der Waals surface area contributed by atoms with Crippen molar-refractivity contribution in [3.63, 3.8) is 0 Å². The van der Waals surface area contributed by atoms with Gasteiger partial charge in [0.05, 0.1) is 17.9 Å². The number of benzene rings is 1. The van der Waals surface area contributed by atoms with Crippen LogP contribution in [0.25, 0.3) is 17.1 Å². The number of halogens is 2. The predicted octanol–water partition coefficient (Wildman–Crippen LogP) is 0.688. The SMILES string of the molecule is Bc1ccc2c(c1)-c1ncnn1Cc1c(C(F)F)ncn1-2. The van der Waals surface area contributed by atoms with Crippen molar-refractivity contribution in [1.82, 2.24) is 24.3 Å². The highest BCUT2D eigenvalue weighted by Crippen LogP contribution is 2.32. The Labute approximate surface area is 119 Å². The molecule has 0 radical (unpaired) electrons. The first-order valence-electron chi connectivity index (χ1n) is 6.48. The third-order valence-corrected chi connectivity index (χ3v) is 3.67. The smallest absolute Gasteiger partial charge is 0.282 e. The molecule has 0 unspecified atom stereocenters. The molecular weight excluding hydrogens is 275 g/mol. The molecular formula is C13H10BF2N5. The number of hydrogen-bond acceptors (Lipinski definition) is 3. The molecule has 0 fully saturated rings. The number of hydrogen-bond donors (Lipinski definition) is 0. The van der Waals surface area contributed by atoms with E-state index >= 15 is 0 Å². The Morgan fingerprint density at radius 2 is 2.10 bits per heavy atom. The van der Waals surface area contributed by atoms with Gasteiger partial charge in [-0.2, -0.15) is 5.10 Å². The molecule has 21 heavy (non-hydrogen) atoms. The lowest BCUT2D eigenvalue weighted by Crippen LogP contribution is -2.07. The van der Waals surface area contributed by atoms with Crippen LogP contribution in [-0.2, 0) is 6.54 Å². The molecule has 5 nitrogen and oxygen atoms in total. The summed E-state index contributed by atoms with van der Waals surface area (Å²) in [5, 5.41) is 4.14. The van der Waals surface area contributed by atoms with Gasteiger partial charge in [0.15, 0.2) is 5.82 Å². The van der Waals surface area contributed by atoms with E-state index in [1.54, 1.807) is 9.25 Å². The van der Waals surface area contributed by atoms with Gasteiger partial charge < -0.3 is 4.57 Å². The molecule has 0 bridgehead atoms. The maximum atomic E-state index is 13.1. The zero-order valence-corrected chi connectivity index (χ0v) is 11.2. The molecule has 0 aliphatic carbocycles. The van der Waals surface area contributed by atoms with E-state index in [-0.39, 0.29) is 12.2 Å². The van der Waals surface area contributed by atoms with Gasteiger partial charge in [0, 0.05) is 5.56 Å². The molecule has 0 N–H and O–H groups in total. The summed E-state index contributed by atoms with van der Waals surface area (Å²) in [6.45, 7) is 0.225. The van der Waals surface area contributed by atoms with Gasteiger partial charge >= 0.3 is 0 Å². The van der Waals surface area contributed by atoms with Crippen molar-refractivity contribution in [1.29, 1.82) is 0 Å². The van der Waals surface area contributed by atoms with Crippen molar-refractivity contribution in [3.8, 4) is 17.1 Å². The van der Waals surface area contributed by atoms with Gasteiger partial charge in [0.2, 0.25) is 0 Å². The quantitative estimate of drug-likeness (QED) is 0.483. The highest BCUT2D eigenvalue weighted by atomic mass is 19.3. The van der Waals surface area contributed by atoms with Crippen LogP contribution in [0.4, 0.5) is 8.78 Å². The Hall–Kier alpha value is -2.51. The molecule has 3 heterocycles. The van der Waals surface area contributed by atoms with E-state index in [1.807, 2.05) is 26.0 Å². The topological polar surface area (TPSA) is 48.5 Å². The molecule has 0 spiro atoms. The third kappa shape index (κ3) is 1.71. The first-order valence-corrected chi connectivity index (χ1v) is 6.48. The molecule has 1 aliphatic rings. The minimum Gasteiger partial charge on any atom is -0.300 e. The van der Waals surface area contributed by atoms with Crippen LogP contribution >= 0.6 is 0 Å². The fourth-order valence-corrected chi connectivity index (χ4v) is 2.70. The maximum Gasteiger partial charge on any atom is 0.282 e. The Balaban J connectivity index is 2.07. The molecule has 0 saturated carbocycles. The Morgan fingerprint density at radius 3 is 2.90 bits per heavy atom. The largest absolute Gasteiger partial charge is 0.300 e. The Kier molecular flexibility index (Phi) is 2.48. The van der Waals surface area contributed by atoms with E-state index in [0.29, 0.717) is 11.5 Å². The van der Waals surface area contributed by atoms with Crippen molar-refractivity contribution in [2.24, 2.45) is 0 Å². The number of nitrogens with zero attached hydrogens (tertiary/aromatic N) is 5. The highest BCUT2D eigenvalue weighted by molar-refractivity contribution is 6.32. The number of rotatable bonds is 1. The van der Waals surface area contributed by atoms with E-state index in [4.69, 9.17) is 0 Å². The van der Waals surface area contributed by atoms with Crippen LogP contribution < -0.4 is 5.46 Å². The predicted molar refractivity (Wildman–Crippen MR) is 74.8 cm³/mol. The monoisotopic (exact) mass is 285 g/mol. The van der Waals surface area contributed by atoms with E-state index < -0.39 is 6.43 Å². The lowest BCUT2D eigenvalue weighted by Gasteiger charge is -2.09. The van der Waals surface area contributed by atoms with Gasteiger partial charge in [0.1, 0.15) is 26.2 Å². The van der Waals surface area contributed by atoms with Gasteiger partial charge in [-0.15, -0.1) is 0 Å². The van der Waals surface area contributed by atoms with Crippen molar-refractivity contribution < 1.29 is 8.78 Å². The fourth-order valence-electron chi connectivity index (χ4n) is 2.70. The van der Waals surface area contributed by atoms with Gasteiger partial charge in [0.25, 0.3) is 6.43 Å². The van der Waals surface area contributed by atoms with Crippen LogP contribution in [0.15, 0.2) is 30.9 Å². The van der Waals surface area contributed by atoms with Gasteiger partial charge in [-0.1, -0.05) is 17.6 Å². The van der Waals surface area contributed by atoms with Crippen molar-refractivity contribution in [2.45, 2.75) is 13.0 Å². The van der Waals surface area contributed by atoms with Gasteiger partial charge in [-0.25, -0.2) is 23.4 Å². The molecule has 3 aromatic rings. The van der Waals surface area contributed by atoms with Crippen LogP contribution in [0.5, 0.6) is 0 Å². The number of alkyl halides is 2. The summed E-state index contributed by atoms with van der Waals surface area (Å²) in [5.74, 6) is 0.678. The molecule has 2 aromatic heterocycles. The standard InChI is InChI=1S/C13H10BF2N5/c14-7-1-2-9-8(3-7)13-17-5-19-21(13)4-10-11(12(15)16)18-6-20(9)10/h1-3,5-6,12H,4,14H2.